The minimum absolute atomic E-state index is 0.131. The van der Waals surface area contributed by atoms with Crippen molar-refractivity contribution in [3.8, 4) is 0 Å². The van der Waals surface area contributed by atoms with Crippen LogP contribution in [0.1, 0.15) is 29.8 Å². The van der Waals surface area contributed by atoms with E-state index in [1.54, 1.807) is 6.07 Å². The van der Waals surface area contributed by atoms with Crippen LogP contribution in [0, 0.1) is 12.7 Å². The fourth-order valence-electron chi connectivity index (χ4n) is 3.98. The summed E-state index contributed by atoms with van der Waals surface area (Å²) in [6.07, 6.45) is 2.01. The van der Waals surface area contributed by atoms with E-state index in [-0.39, 0.29) is 17.5 Å². The van der Waals surface area contributed by atoms with E-state index in [1.165, 1.54) is 6.07 Å². The van der Waals surface area contributed by atoms with Crippen LogP contribution >= 0.6 is 0 Å². The lowest BCUT2D eigenvalue weighted by atomic mass is 9.84. The van der Waals surface area contributed by atoms with Crippen LogP contribution in [0.25, 0.3) is 0 Å². The van der Waals surface area contributed by atoms with Gasteiger partial charge in [0.1, 0.15) is 5.82 Å². The van der Waals surface area contributed by atoms with Crippen molar-refractivity contribution in [2.45, 2.75) is 44.6 Å². The van der Waals surface area contributed by atoms with Gasteiger partial charge in [-0.15, -0.1) is 0 Å². The third-order valence-corrected chi connectivity index (χ3v) is 5.24. The molecule has 2 aliphatic heterocycles. The van der Waals surface area contributed by atoms with Crippen LogP contribution in [0.4, 0.5) is 4.39 Å². The maximum atomic E-state index is 13.8. The van der Waals surface area contributed by atoms with E-state index in [1.807, 2.05) is 37.3 Å². The first-order valence-corrected chi connectivity index (χ1v) is 9.26. The highest BCUT2D eigenvalue weighted by Crippen LogP contribution is 2.36. The number of pyridine rings is 1. The SMILES string of the molecule is Cc1cccc(COC2CCOC3(C2)CN(Cc2ccccc2F)C3)n1. The molecular weight excluding hydrogens is 331 g/mol. The van der Waals surface area contributed by atoms with Crippen LogP contribution in [0.2, 0.25) is 0 Å². The Hall–Kier alpha value is -1.82. The average Bonchev–Trinajstić information content (AvgIpc) is 2.61. The molecule has 0 amide bonds. The molecular formula is C21H25FN2O2. The number of nitrogens with zero attached hydrogens (tertiary/aromatic N) is 2. The van der Waals surface area contributed by atoms with E-state index < -0.39 is 0 Å². The zero-order valence-corrected chi connectivity index (χ0v) is 15.2. The summed E-state index contributed by atoms with van der Waals surface area (Å²) in [6, 6.07) is 13.0. The molecule has 2 fully saturated rings. The highest BCUT2D eigenvalue weighted by Gasteiger charge is 2.47. The molecule has 1 unspecified atom stereocenters. The van der Waals surface area contributed by atoms with Crippen molar-refractivity contribution in [1.82, 2.24) is 9.88 Å². The van der Waals surface area contributed by atoms with E-state index in [9.17, 15) is 4.39 Å². The predicted molar refractivity (Wildman–Crippen MR) is 97.1 cm³/mol. The highest BCUT2D eigenvalue weighted by atomic mass is 19.1. The molecule has 0 aliphatic carbocycles. The van der Waals surface area contributed by atoms with Crippen LogP contribution in [0.5, 0.6) is 0 Å². The number of likely N-dealkylation sites (tertiary alicyclic amines) is 1. The molecule has 2 aromatic rings. The van der Waals surface area contributed by atoms with Gasteiger partial charge in [0.15, 0.2) is 0 Å². The minimum Gasteiger partial charge on any atom is -0.372 e. The van der Waals surface area contributed by atoms with E-state index in [0.717, 1.165) is 49.5 Å². The molecule has 0 saturated carbocycles. The molecule has 1 atom stereocenters. The molecule has 4 nitrogen and oxygen atoms in total. The molecule has 26 heavy (non-hydrogen) atoms. The second kappa shape index (κ2) is 7.43. The first-order chi connectivity index (χ1) is 12.6. The van der Waals surface area contributed by atoms with Gasteiger partial charge < -0.3 is 9.47 Å². The van der Waals surface area contributed by atoms with Crippen molar-refractivity contribution >= 4 is 0 Å². The number of ether oxygens (including phenoxy) is 2. The van der Waals surface area contributed by atoms with Gasteiger partial charge in [-0.2, -0.15) is 0 Å². The van der Waals surface area contributed by atoms with E-state index in [2.05, 4.69) is 9.88 Å². The van der Waals surface area contributed by atoms with Crippen LogP contribution in [0.15, 0.2) is 42.5 Å². The summed E-state index contributed by atoms with van der Waals surface area (Å²) in [7, 11) is 0. The highest BCUT2D eigenvalue weighted by molar-refractivity contribution is 5.18. The summed E-state index contributed by atoms with van der Waals surface area (Å²) in [5.41, 5.74) is 2.60. The summed E-state index contributed by atoms with van der Waals surface area (Å²) in [4.78, 5) is 6.73. The fourth-order valence-corrected chi connectivity index (χ4v) is 3.98. The van der Waals surface area contributed by atoms with Gasteiger partial charge in [-0.3, -0.25) is 9.88 Å². The van der Waals surface area contributed by atoms with Gasteiger partial charge in [0.05, 0.1) is 24.0 Å². The van der Waals surface area contributed by atoms with Crippen molar-refractivity contribution in [3.05, 3.63) is 65.2 Å². The second-order valence-electron chi connectivity index (χ2n) is 7.46. The molecule has 1 spiro atoms. The third-order valence-electron chi connectivity index (χ3n) is 5.24. The van der Waals surface area contributed by atoms with E-state index in [0.29, 0.717) is 13.2 Å². The summed E-state index contributed by atoms with van der Waals surface area (Å²) >= 11 is 0. The van der Waals surface area contributed by atoms with Gasteiger partial charge in [0.25, 0.3) is 0 Å². The van der Waals surface area contributed by atoms with Gasteiger partial charge in [-0.05, 0) is 31.5 Å². The number of halogens is 1. The van der Waals surface area contributed by atoms with Crippen molar-refractivity contribution < 1.29 is 13.9 Å². The topological polar surface area (TPSA) is 34.6 Å². The summed E-state index contributed by atoms with van der Waals surface area (Å²) in [5.74, 6) is -0.134. The molecule has 5 heteroatoms. The fraction of sp³-hybridized carbons (Fsp3) is 0.476. The number of rotatable bonds is 5. The minimum atomic E-state index is -0.134. The van der Waals surface area contributed by atoms with E-state index >= 15 is 0 Å². The van der Waals surface area contributed by atoms with Crippen LogP contribution in [-0.4, -0.2) is 41.3 Å². The molecule has 0 bridgehead atoms. The molecule has 1 aromatic heterocycles. The van der Waals surface area contributed by atoms with Gasteiger partial charge in [0.2, 0.25) is 0 Å². The third kappa shape index (κ3) is 3.95. The number of benzene rings is 1. The Bertz CT molecular complexity index is 761. The molecule has 2 saturated heterocycles. The van der Waals surface area contributed by atoms with Crippen molar-refractivity contribution in [2.75, 3.05) is 19.7 Å². The molecule has 2 aliphatic rings. The molecule has 0 radical (unpaired) electrons. The normalized spacial score (nSPS) is 22.3. The summed E-state index contributed by atoms with van der Waals surface area (Å²) in [6.45, 7) is 5.57. The van der Waals surface area contributed by atoms with Crippen LogP contribution in [0.3, 0.4) is 0 Å². The predicted octanol–water partition coefficient (Wildman–Crippen LogP) is 3.48. The van der Waals surface area contributed by atoms with Crippen molar-refractivity contribution in [3.63, 3.8) is 0 Å². The first-order valence-electron chi connectivity index (χ1n) is 9.26. The summed E-state index contributed by atoms with van der Waals surface area (Å²) in [5, 5.41) is 0. The average molecular weight is 356 g/mol. The van der Waals surface area contributed by atoms with Crippen LogP contribution in [-0.2, 0) is 22.6 Å². The van der Waals surface area contributed by atoms with Crippen molar-refractivity contribution in [1.29, 1.82) is 0 Å². The molecule has 4 rings (SSSR count). The zero-order valence-electron chi connectivity index (χ0n) is 15.2. The largest absolute Gasteiger partial charge is 0.372 e. The number of aryl methyl sites for hydroxylation is 1. The number of hydrogen-bond acceptors (Lipinski definition) is 4. The summed E-state index contributed by atoms with van der Waals surface area (Å²) < 4.78 is 26.0. The molecule has 3 heterocycles. The maximum Gasteiger partial charge on any atom is 0.127 e. The van der Waals surface area contributed by atoms with Gasteiger partial charge in [-0.1, -0.05) is 24.3 Å². The van der Waals surface area contributed by atoms with Crippen molar-refractivity contribution in [2.24, 2.45) is 0 Å². The Kier molecular flexibility index (Phi) is 5.02. The lowest BCUT2D eigenvalue weighted by Gasteiger charge is -2.53. The maximum absolute atomic E-state index is 13.8. The Balaban J connectivity index is 1.28. The van der Waals surface area contributed by atoms with Gasteiger partial charge in [-0.25, -0.2) is 4.39 Å². The Morgan fingerprint density at radius 2 is 2.08 bits per heavy atom. The van der Waals surface area contributed by atoms with Gasteiger partial charge >= 0.3 is 0 Å². The lowest BCUT2D eigenvalue weighted by Crippen LogP contribution is -2.65. The Labute approximate surface area is 153 Å². The quantitative estimate of drug-likeness (QED) is 0.822. The standard InChI is InChI=1S/C21H25FN2O2/c1-16-5-4-7-18(23-16)13-25-19-9-10-26-21(11-19)14-24(15-21)12-17-6-2-3-8-20(17)22/h2-8,19H,9-15H2,1H3. The number of aromatic nitrogens is 1. The smallest absolute Gasteiger partial charge is 0.127 e. The molecule has 1 aromatic carbocycles. The number of hydrogen-bond donors (Lipinski definition) is 0. The second-order valence-corrected chi connectivity index (χ2v) is 7.46. The lowest BCUT2D eigenvalue weighted by molar-refractivity contribution is -0.200. The Morgan fingerprint density at radius 1 is 1.23 bits per heavy atom. The zero-order chi connectivity index (χ0) is 18.0. The molecule has 0 N–H and O–H groups in total. The Morgan fingerprint density at radius 3 is 2.88 bits per heavy atom. The van der Waals surface area contributed by atoms with Gasteiger partial charge in [0, 0.05) is 43.9 Å². The first kappa shape index (κ1) is 17.6. The molecule has 138 valence electrons. The monoisotopic (exact) mass is 356 g/mol. The van der Waals surface area contributed by atoms with E-state index in [4.69, 9.17) is 9.47 Å². The van der Waals surface area contributed by atoms with Crippen LogP contribution < -0.4 is 0 Å².